The number of benzene rings is 1. The van der Waals surface area contributed by atoms with Gasteiger partial charge >= 0.3 is 0 Å². The third-order valence-corrected chi connectivity index (χ3v) is 8.19. The molecule has 2 heterocycles. The molecule has 2 aliphatic carbocycles. The highest BCUT2D eigenvalue weighted by Crippen LogP contribution is 2.38. The summed E-state index contributed by atoms with van der Waals surface area (Å²) in [4.78, 5) is 36.5. The van der Waals surface area contributed by atoms with E-state index in [9.17, 15) is 9.59 Å². The fourth-order valence-corrected chi connectivity index (χ4v) is 6.57. The van der Waals surface area contributed by atoms with Crippen molar-refractivity contribution < 1.29 is 9.59 Å². The van der Waals surface area contributed by atoms with Crippen molar-refractivity contribution >= 4 is 45.6 Å². The predicted octanol–water partition coefficient (Wildman–Crippen LogP) is 5.20. The van der Waals surface area contributed by atoms with Crippen molar-refractivity contribution in [2.45, 2.75) is 57.0 Å². The van der Waals surface area contributed by atoms with Crippen LogP contribution >= 0.6 is 23.1 Å². The van der Waals surface area contributed by atoms with Crippen LogP contribution in [0.4, 0.5) is 10.7 Å². The highest BCUT2D eigenvalue weighted by atomic mass is 32.2. The summed E-state index contributed by atoms with van der Waals surface area (Å²) in [5.74, 6) is -0.101. The average Bonchev–Trinajstić information content (AvgIpc) is 3.43. The summed E-state index contributed by atoms with van der Waals surface area (Å²) in [6, 6.07) is 9.43. The molecule has 33 heavy (non-hydrogen) atoms. The van der Waals surface area contributed by atoms with E-state index in [1.54, 1.807) is 0 Å². The third kappa shape index (κ3) is 4.82. The molecule has 2 amide bonds. The van der Waals surface area contributed by atoms with Crippen molar-refractivity contribution in [2.75, 3.05) is 16.4 Å². The quantitative estimate of drug-likeness (QED) is 0.376. The summed E-state index contributed by atoms with van der Waals surface area (Å²) in [5, 5.41) is 7.30. The van der Waals surface area contributed by atoms with Gasteiger partial charge in [0.2, 0.25) is 5.91 Å². The molecule has 8 heteroatoms. The van der Waals surface area contributed by atoms with E-state index >= 15 is 0 Å². The second kappa shape index (κ2) is 9.65. The summed E-state index contributed by atoms with van der Waals surface area (Å²) in [7, 11) is 0. The van der Waals surface area contributed by atoms with E-state index in [4.69, 9.17) is 0 Å². The standard InChI is InChI=1S/C25H26N4O2S2/c1-15-17-11-7-12-19(17)28-25(26-15)32-14-21(30)29-24-22(18-10-5-6-13-20(18)33-24)23(31)27-16-8-3-2-4-9-16/h2-4,8-9H,5-7,10-14H2,1H3,(H,27,31)(H,29,30). The fourth-order valence-electron chi connectivity index (χ4n) is 4.56. The van der Waals surface area contributed by atoms with E-state index in [0.29, 0.717) is 15.7 Å². The maximum absolute atomic E-state index is 13.2. The maximum Gasteiger partial charge on any atom is 0.258 e. The fraction of sp³-hybridized carbons (Fsp3) is 0.360. The Morgan fingerprint density at radius 1 is 0.970 bits per heavy atom. The number of thioether (sulfide) groups is 1. The lowest BCUT2D eigenvalue weighted by molar-refractivity contribution is -0.113. The Kier molecular flexibility index (Phi) is 6.46. The molecular formula is C25H26N4O2S2. The number of hydrogen-bond acceptors (Lipinski definition) is 6. The number of para-hydroxylation sites is 1. The Labute approximate surface area is 201 Å². The van der Waals surface area contributed by atoms with Crippen molar-refractivity contribution in [2.24, 2.45) is 0 Å². The molecule has 6 nitrogen and oxygen atoms in total. The number of rotatable bonds is 6. The summed E-state index contributed by atoms with van der Waals surface area (Å²) in [5.41, 5.74) is 5.85. The van der Waals surface area contributed by atoms with Gasteiger partial charge in [-0.05, 0) is 75.1 Å². The molecule has 0 bridgehead atoms. The number of carbonyl (C=O) groups excluding carboxylic acids is 2. The van der Waals surface area contributed by atoms with E-state index in [1.165, 1.54) is 33.5 Å². The van der Waals surface area contributed by atoms with Crippen LogP contribution in [0.2, 0.25) is 0 Å². The molecule has 0 saturated heterocycles. The molecule has 170 valence electrons. The zero-order valence-corrected chi connectivity index (χ0v) is 20.2. The average molecular weight is 479 g/mol. The number of carbonyl (C=O) groups is 2. The van der Waals surface area contributed by atoms with Gasteiger partial charge in [0.05, 0.1) is 11.3 Å². The molecule has 2 aromatic heterocycles. The zero-order valence-electron chi connectivity index (χ0n) is 18.6. The molecule has 1 aromatic carbocycles. The maximum atomic E-state index is 13.2. The van der Waals surface area contributed by atoms with Crippen molar-refractivity contribution in [3.8, 4) is 0 Å². The summed E-state index contributed by atoms with van der Waals surface area (Å²) >= 11 is 2.89. The first kappa shape index (κ1) is 22.1. The molecule has 3 aromatic rings. The first-order valence-electron chi connectivity index (χ1n) is 11.4. The Hall–Kier alpha value is -2.71. The topological polar surface area (TPSA) is 84.0 Å². The second-order valence-corrected chi connectivity index (χ2v) is 10.5. The Balaban J connectivity index is 1.31. The molecule has 0 aliphatic heterocycles. The Morgan fingerprint density at radius 3 is 2.61 bits per heavy atom. The lowest BCUT2D eigenvalue weighted by Crippen LogP contribution is -2.19. The smallest absolute Gasteiger partial charge is 0.258 e. The first-order valence-corrected chi connectivity index (χ1v) is 13.2. The van der Waals surface area contributed by atoms with Gasteiger partial charge in [-0.3, -0.25) is 9.59 Å². The van der Waals surface area contributed by atoms with Gasteiger partial charge in [-0.15, -0.1) is 11.3 Å². The van der Waals surface area contributed by atoms with Crippen LogP contribution in [-0.4, -0.2) is 27.5 Å². The van der Waals surface area contributed by atoms with Crippen molar-refractivity contribution in [1.29, 1.82) is 0 Å². The summed E-state index contributed by atoms with van der Waals surface area (Å²) in [6.45, 7) is 2.02. The minimum Gasteiger partial charge on any atom is -0.322 e. The molecule has 5 rings (SSSR count). The number of aryl methyl sites for hydroxylation is 3. The van der Waals surface area contributed by atoms with Crippen LogP contribution in [0.5, 0.6) is 0 Å². The normalized spacial score (nSPS) is 14.5. The molecule has 0 saturated carbocycles. The van der Waals surface area contributed by atoms with Crippen molar-refractivity contribution in [1.82, 2.24) is 9.97 Å². The van der Waals surface area contributed by atoms with Gasteiger partial charge in [-0.25, -0.2) is 9.97 Å². The number of nitrogens with one attached hydrogen (secondary N) is 2. The van der Waals surface area contributed by atoms with Gasteiger partial charge in [-0.2, -0.15) is 0 Å². The van der Waals surface area contributed by atoms with Gasteiger partial charge in [-0.1, -0.05) is 30.0 Å². The number of nitrogens with zero attached hydrogens (tertiary/aromatic N) is 2. The number of aromatic nitrogens is 2. The monoisotopic (exact) mass is 478 g/mol. The van der Waals surface area contributed by atoms with E-state index in [-0.39, 0.29) is 17.6 Å². The van der Waals surface area contributed by atoms with E-state index in [0.717, 1.165) is 67.6 Å². The Bertz CT molecular complexity index is 1210. The number of hydrogen-bond donors (Lipinski definition) is 2. The minimum absolute atomic E-state index is 0.144. The van der Waals surface area contributed by atoms with Crippen LogP contribution in [-0.2, 0) is 30.5 Å². The van der Waals surface area contributed by atoms with Crippen LogP contribution in [0, 0.1) is 6.92 Å². The zero-order chi connectivity index (χ0) is 22.8. The van der Waals surface area contributed by atoms with Crippen LogP contribution in [0.25, 0.3) is 0 Å². The minimum atomic E-state index is -0.166. The van der Waals surface area contributed by atoms with Crippen molar-refractivity contribution in [3.05, 3.63) is 63.3 Å². The number of fused-ring (bicyclic) bond motifs is 2. The summed E-state index contributed by atoms with van der Waals surface area (Å²) < 4.78 is 0. The van der Waals surface area contributed by atoms with Crippen LogP contribution in [0.1, 0.15) is 57.0 Å². The Morgan fingerprint density at radius 2 is 1.76 bits per heavy atom. The SMILES string of the molecule is Cc1nc(SCC(=O)Nc2sc3c(c2C(=O)Nc2ccccc2)CCCC3)nc2c1CCC2. The number of thiophene rings is 1. The number of anilines is 2. The van der Waals surface area contributed by atoms with Crippen molar-refractivity contribution in [3.63, 3.8) is 0 Å². The first-order chi connectivity index (χ1) is 16.1. The van der Waals surface area contributed by atoms with Gasteiger partial charge in [0.1, 0.15) is 5.00 Å². The van der Waals surface area contributed by atoms with E-state index < -0.39 is 0 Å². The van der Waals surface area contributed by atoms with E-state index in [2.05, 4.69) is 20.6 Å². The van der Waals surface area contributed by atoms with Gasteiger partial charge in [0.15, 0.2) is 5.16 Å². The van der Waals surface area contributed by atoms with Gasteiger partial charge in [0, 0.05) is 22.0 Å². The molecule has 0 radical (unpaired) electrons. The van der Waals surface area contributed by atoms with Crippen LogP contribution in [0.3, 0.4) is 0 Å². The summed E-state index contributed by atoms with van der Waals surface area (Å²) in [6.07, 6.45) is 7.16. The molecule has 0 unspecified atom stereocenters. The highest BCUT2D eigenvalue weighted by Gasteiger charge is 2.26. The lowest BCUT2D eigenvalue weighted by atomic mass is 9.95. The highest BCUT2D eigenvalue weighted by molar-refractivity contribution is 7.99. The molecule has 2 N–H and O–H groups in total. The van der Waals surface area contributed by atoms with Gasteiger partial charge < -0.3 is 10.6 Å². The molecule has 2 aliphatic rings. The van der Waals surface area contributed by atoms with Gasteiger partial charge in [0.25, 0.3) is 5.91 Å². The van der Waals surface area contributed by atoms with Crippen LogP contribution < -0.4 is 10.6 Å². The largest absolute Gasteiger partial charge is 0.322 e. The molecule has 0 atom stereocenters. The van der Waals surface area contributed by atoms with E-state index in [1.807, 2.05) is 37.3 Å². The molecule has 0 fully saturated rings. The van der Waals surface area contributed by atoms with Crippen LogP contribution in [0.15, 0.2) is 35.5 Å². The third-order valence-electron chi connectivity index (χ3n) is 6.13. The lowest BCUT2D eigenvalue weighted by Gasteiger charge is -2.13. The number of amides is 2. The predicted molar refractivity (Wildman–Crippen MR) is 134 cm³/mol. The second-order valence-electron chi connectivity index (χ2n) is 8.44. The molecule has 0 spiro atoms. The molecular weight excluding hydrogens is 452 g/mol.